The number of hydrogen-bond donors (Lipinski definition) is 3. The monoisotopic (exact) mass is 381 g/mol. The van der Waals surface area contributed by atoms with E-state index in [1.165, 1.54) is 0 Å². The molecule has 7 nitrogen and oxygen atoms in total. The standard InChI is InChI=1S/C21H23N3O4/c1-4-28-15-11-9-14(10-12-15)19-18(13(2)22-21(26)24-19)20(25)23-16-7-5-6-8-17(16)27-3/h5-12,19H,4H2,1-3H3,(H,23,25)(H2,22,24,26)/t19-/m1/s1. The molecule has 3 N–H and O–H groups in total. The smallest absolute Gasteiger partial charge is 0.319 e. The number of ether oxygens (including phenoxy) is 2. The first-order valence-electron chi connectivity index (χ1n) is 8.99. The minimum absolute atomic E-state index is 0.326. The number of amides is 3. The molecule has 1 heterocycles. The van der Waals surface area contributed by atoms with Gasteiger partial charge in [0, 0.05) is 5.70 Å². The van der Waals surface area contributed by atoms with Crippen molar-refractivity contribution in [3.05, 3.63) is 65.4 Å². The largest absolute Gasteiger partial charge is 0.495 e. The normalized spacial score (nSPS) is 16.1. The Morgan fingerprint density at radius 2 is 1.86 bits per heavy atom. The number of nitrogens with one attached hydrogen (secondary N) is 3. The Morgan fingerprint density at radius 3 is 2.54 bits per heavy atom. The van der Waals surface area contributed by atoms with E-state index < -0.39 is 6.04 Å². The number of carbonyl (C=O) groups excluding carboxylic acids is 2. The first-order valence-corrected chi connectivity index (χ1v) is 8.99. The average molecular weight is 381 g/mol. The van der Waals surface area contributed by atoms with E-state index in [9.17, 15) is 9.59 Å². The van der Waals surface area contributed by atoms with Crippen LogP contribution in [0.25, 0.3) is 0 Å². The summed E-state index contributed by atoms with van der Waals surface area (Å²) in [5.41, 5.74) is 2.25. The molecule has 0 aromatic heterocycles. The average Bonchev–Trinajstić information content (AvgIpc) is 2.68. The zero-order valence-electron chi connectivity index (χ0n) is 16.0. The molecule has 146 valence electrons. The molecule has 0 radical (unpaired) electrons. The third kappa shape index (κ3) is 4.09. The van der Waals surface area contributed by atoms with E-state index in [4.69, 9.17) is 9.47 Å². The van der Waals surface area contributed by atoms with Gasteiger partial charge in [-0.15, -0.1) is 0 Å². The van der Waals surface area contributed by atoms with E-state index >= 15 is 0 Å². The van der Waals surface area contributed by atoms with Crippen LogP contribution in [0.3, 0.4) is 0 Å². The second kappa shape index (κ2) is 8.47. The van der Waals surface area contributed by atoms with Crippen LogP contribution in [0, 0.1) is 0 Å². The number of hydrogen-bond acceptors (Lipinski definition) is 4. The molecule has 0 spiro atoms. The summed E-state index contributed by atoms with van der Waals surface area (Å²) < 4.78 is 10.8. The quantitative estimate of drug-likeness (QED) is 0.716. The number of para-hydroxylation sites is 2. The molecule has 0 fully saturated rings. The Bertz CT molecular complexity index is 906. The maximum absolute atomic E-state index is 13.1. The lowest BCUT2D eigenvalue weighted by atomic mass is 9.94. The third-order valence-electron chi connectivity index (χ3n) is 4.39. The highest BCUT2D eigenvalue weighted by molar-refractivity contribution is 6.07. The number of benzene rings is 2. The van der Waals surface area contributed by atoms with Gasteiger partial charge in [0.25, 0.3) is 5.91 Å². The molecule has 3 amide bonds. The predicted octanol–water partition coefficient (Wildman–Crippen LogP) is 3.36. The Kier molecular flexibility index (Phi) is 5.84. The van der Waals surface area contributed by atoms with Gasteiger partial charge in [-0.2, -0.15) is 0 Å². The van der Waals surface area contributed by atoms with Gasteiger partial charge in [-0.05, 0) is 43.7 Å². The first kappa shape index (κ1) is 19.3. The van der Waals surface area contributed by atoms with E-state index in [0.717, 1.165) is 11.3 Å². The molecule has 7 heteroatoms. The molecule has 0 bridgehead atoms. The van der Waals surface area contributed by atoms with Gasteiger partial charge < -0.3 is 25.4 Å². The van der Waals surface area contributed by atoms with Crippen LogP contribution in [0.15, 0.2) is 59.8 Å². The van der Waals surface area contributed by atoms with E-state index in [1.807, 2.05) is 43.3 Å². The van der Waals surface area contributed by atoms with E-state index in [0.29, 0.717) is 29.3 Å². The summed E-state index contributed by atoms with van der Waals surface area (Å²) in [5.74, 6) is 0.958. The number of methoxy groups -OCH3 is 1. The van der Waals surface area contributed by atoms with Gasteiger partial charge in [-0.25, -0.2) is 4.79 Å². The van der Waals surface area contributed by atoms with Crippen LogP contribution >= 0.6 is 0 Å². The van der Waals surface area contributed by atoms with Crippen LogP contribution in [0.1, 0.15) is 25.5 Å². The molecule has 1 aliphatic heterocycles. The highest BCUT2D eigenvalue weighted by atomic mass is 16.5. The lowest BCUT2D eigenvalue weighted by Gasteiger charge is -2.29. The SMILES string of the molecule is CCOc1ccc([C@H]2NC(=O)NC(C)=C2C(=O)Nc2ccccc2OC)cc1. The Balaban J connectivity index is 1.92. The fourth-order valence-electron chi connectivity index (χ4n) is 3.11. The number of rotatable bonds is 6. The van der Waals surface area contributed by atoms with Gasteiger partial charge in [0.15, 0.2) is 0 Å². The molecule has 1 atom stereocenters. The van der Waals surface area contributed by atoms with Crippen molar-refractivity contribution in [3.63, 3.8) is 0 Å². The fraction of sp³-hybridized carbons (Fsp3) is 0.238. The second-order valence-electron chi connectivity index (χ2n) is 6.23. The maximum atomic E-state index is 13.1. The second-order valence-corrected chi connectivity index (χ2v) is 6.23. The van der Waals surface area contributed by atoms with Crippen LogP contribution in [-0.4, -0.2) is 25.7 Å². The highest BCUT2D eigenvalue weighted by Gasteiger charge is 2.31. The molecule has 1 aliphatic rings. The van der Waals surface area contributed by atoms with Crippen molar-refractivity contribution in [3.8, 4) is 11.5 Å². The minimum Gasteiger partial charge on any atom is -0.495 e. The molecule has 0 unspecified atom stereocenters. The number of carbonyl (C=O) groups is 2. The van der Waals surface area contributed by atoms with Crippen molar-refractivity contribution in [2.45, 2.75) is 19.9 Å². The molecule has 2 aromatic rings. The predicted molar refractivity (Wildman–Crippen MR) is 106 cm³/mol. The molecule has 2 aromatic carbocycles. The van der Waals surface area contributed by atoms with Gasteiger partial charge >= 0.3 is 6.03 Å². The molecular weight excluding hydrogens is 358 g/mol. The van der Waals surface area contributed by atoms with E-state index in [-0.39, 0.29) is 11.9 Å². The van der Waals surface area contributed by atoms with E-state index in [1.54, 1.807) is 26.2 Å². The summed E-state index contributed by atoms with van der Waals surface area (Å²) in [6.07, 6.45) is 0. The zero-order chi connectivity index (χ0) is 20.1. The van der Waals surface area contributed by atoms with Crippen LogP contribution in [0.4, 0.5) is 10.5 Å². The van der Waals surface area contributed by atoms with Crippen LogP contribution in [-0.2, 0) is 4.79 Å². The lowest BCUT2D eigenvalue weighted by molar-refractivity contribution is -0.113. The molecule has 0 saturated carbocycles. The van der Waals surface area contributed by atoms with Crippen molar-refractivity contribution < 1.29 is 19.1 Å². The topological polar surface area (TPSA) is 88.7 Å². The highest BCUT2D eigenvalue weighted by Crippen LogP contribution is 2.30. The Hall–Kier alpha value is -3.48. The van der Waals surface area contributed by atoms with Crippen LogP contribution in [0.2, 0.25) is 0 Å². The summed E-state index contributed by atoms with van der Waals surface area (Å²) in [7, 11) is 1.54. The van der Waals surface area contributed by atoms with Crippen LogP contribution < -0.4 is 25.4 Å². The van der Waals surface area contributed by atoms with Gasteiger partial charge in [-0.3, -0.25) is 4.79 Å². The van der Waals surface area contributed by atoms with E-state index in [2.05, 4.69) is 16.0 Å². The number of allylic oxidation sites excluding steroid dienone is 1. The minimum atomic E-state index is -0.584. The number of urea groups is 1. The maximum Gasteiger partial charge on any atom is 0.319 e. The molecule has 28 heavy (non-hydrogen) atoms. The third-order valence-corrected chi connectivity index (χ3v) is 4.39. The van der Waals surface area contributed by atoms with Crippen molar-refractivity contribution in [2.75, 3.05) is 19.0 Å². The van der Waals surface area contributed by atoms with Crippen molar-refractivity contribution in [1.29, 1.82) is 0 Å². The van der Waals surface area contributed by atoms with Gasteiger partial charge in [0.05, 0.1) is 31.0 Å². The molecule has 3 rings (SSSR count). The summed E-state index contributed by atoms with van der Waals surface area (Å²) in [6, 6.07) is 13.5. The Labute approximate surface area is 163 Å². The lowest BCUT2D eigenvalue weighted by Crippen LogP contribution is -2.45. The van der Waals surface area contributed by atoms with Crippen molar-refractivity contribution >= 4 is 17.6 Å². The van der Waals surface area contributed by atoms with Crippen LogP contribution in [0.5, 0.6) is 11.5 Å². The van der Waals surface area contributed by atoms with Gasteiger partial charge in [0.1, 0.15) is 11.5 Å². The summed E-state index contributed by atoms with van der Waals surface area (Å²) in [6.45, 7) is 4.18. The summed E-state index contributed by atoms with van der Waals surface area (Å²) in [4.78, 5) is 25.1. The fourth-order valence-corrected chi connectivity index (χ4v) is 3.11. The molecular formula is C21H23N3O4. The van der Waals surface area contributed by atoms with Crippen molar-refractivity contribution in [1.82, 2.24) is 10.6 Å². The van der Waals surface area contributed by atoms with Gasteiger partial charge in [-0.1, -0.05) is 24.3 Å². The molecule has 0 aliphatic carbocycles. The zero-order valence-corrected chi connectivity index (χ0v) is 16.0. The Morgan fingerprint density at radius 1 is 1.14 bits per heavy atom. The summed E-state index contributed by atoms with van der Waals surface area (Å²) >= 11 is 0. The first-order chi connectivity index (χ1) is 13.5. The molecule has 0 saturated heterocycles. The van der Waals surface area contributed by atoms with Gasteiger partial charge in [0.2, 0.25) is 0 Å². The number of anilines is 1. The van der Waals surface area contributed by atoms with Crippen molar-refractivity contribution in [2.24, 2.45) is 0 Å². The summed E-state index contributed by atoms with van der Waals surface area (Å²) in [5, 5.41) is 8.36.